The molecule has 0 N–H and O–H groups in total. The van der Waals surface area contributed by atoms with Crippen LogP contribution in [0.2, 0.25) is 0 Å². The second-order valence-electron chi connectivity index (χ2n) is 3.15. The van der Waals surface area contributed by atoms with E-state index in [0.717, 1.165) is 11.8 Å². The summed E-state index contributed by atoms with van der Waals surface area (Å²) in [7, 11) is 0. The molecule has 0 radical (unpaired) electrons. The lowest BCUT2D eigenvalue weighted by molar-refractivity contribution is -0.107. The molecule has 1 rings (SSSR count). The number of benzene rings is 1. The third-order valence-electron chi connectivity index (χ3n) is 2.07. The van der Waals surface area contributed by atoms with Gasteiger partial charge in [0, 0.05) is 6.42 Å². The zero-order valence-corrected chi connectivity index (χ0v) is 8.08. The van der Waals surface area contributed by atoms with Crippen LogP contribution in [0.3, 0.4) is 0 Å². The van der Waals surface area contributed by atoms with Crippen LogP contribution in [0.1, 0.15) is 23.1 Å². The highest BCUT2D eigenvalue weighted by Crippen LogP contribution is 2.10. The molecule has 0 spiro atoms. The molecule has 0 amide bonds. The van der Waals surface area contributed by atoms with Crippen LogP contribution in [0, 0.1) is 13.8 Å². The highest BCUT2D eigenvalue weighted by atomic mass is 16.1. The second kappa shape index (κ2) is 4.61. The maximum atomic E-state index is 10.1. The lowest BCUT2D eigenvalue weighted by Gasteiger charge is -2.00. The molecule has 13 heavy (non-hydrogen) atoms. The quantitative estimate of drug-likeness (QED) is 0.644. The van der Waals surface area contributed by atoms with E-state index in [9.17, 15) is 4.79 Å². The molecule has 0 unspecified atom stereocenters. The summed E-state index contributed by atoms with van der Waals surface area (Å²) >= 11 is 0. The SMILES string of the molecule is Cc1ccc(C=CCC=O)cc1C. The number of aldehydes is 1. The van der Waals surface area contributed by atoms with Crippen LogP contribution in [0.4, 0.5) is 0 Å². The van der Waals surface area contributed by atoms with Crippen molar-refractivity contribution in [1.82, 2.24) is 0 Å². The Morgan fingerprint density at radius 3 is 2.62 bits per heavy atom. The van der Waals surface area contributed by atoms with Gasteiger partial charge >= 0.3 is 0 Å². The van der Waals surface area contributed by atoms with Crippen LogP contribution >= 0.6 is 0 Å². The summed E-state index contributed by atoms with van der Waals surface area (Å²) in [5, 5.41) is 0. The minimum Gasteiger partial charge on any atom is -0.303 e. The summed E-state index contributed by atoms with van der Waals surface area (Å²) in [5.41, 5.74) is 3.74. The van der Waals surface area contributed by atoms with Gasteiger partial charge < -0.3 is 4.79 Å². The van der Waals surface area contributed by atoms with E-state index in [1.165, 1.54) is 11.1 Å². The van der Waals surface area contributed by atoms with Crippen LogP contribution in [0.5, 0.6) is 0 Å². The third-order valence-corrected chi connectivity index (χ3v) is 2.07. The first-order valence-corrected chi connectivity index (χ1v) is 4.41. The molecule has 0 fully saturated rings. The molecule has 1 heteroatoms. The summed E-state index contributed by atoms with van der Waals surface area (Å²) in [4.78, 5) is 10.1. The Labute approximate surface area is 79.1 Å². The first-order chi connectivity index (χ1) is 6.24. The molecule has 1 aromatic rings. The molecule has 1 nitrogen and oxygen atoms in total. The molecule has 0 saturated heterocycles. The number of carbonyl (C=O) groups excluding carboxylic acids is 1. The lowest BCUT2D eigenvalue weighted by Crippen LogP contribution is -1.81. The minimum absolute atomic E-state index is 0.493. The third kappa shape index (κ3) is 2.86. The Morgan fingerprint density at radius 2 is 2.00 bits per heavy atom. The van der Waals surface area contributed by atoms with Gasteiger partial charge in [-0.25, -0.2) is 0 Å². The van der Waals surface area contributed by atoms with E-state index in [4.69, 9.17) is 0 Å². The molecular formula is C12H14O. The number of rotatable bonds is 3. The van der Waals surface area contributed by atoms with Gasteiger partial charge in [-0.3, -0.25) is 0 Å². The number of hydrogen-bond acceptors (Lipinski definition) is 1. The predicted molar refractivity (Wildman–Crippen MR) is 55.6 cm³/mol. The first-order valence-electron chi connectivity index (χ1n) is 4.41. The van der Waals surface area contributed by atoms with Gasteiger partial charge in [0.25, 0.3) is 0 Å². The Balaban J connectivity index is 2.79. The average Bonchev–Trinajstić information content (AvgIpc) is 2.12. The smallest absolute Gasteiger partial charge is 0.123 e. The molecule has 0 bridgehead atoms. The highest BCUT2D eigenvalue weighted by Gasteiger charge is 1.91. The van der Waals surface area contributed by atoms with Crippen molar-refractivity contribution in [3.8, 4) is 0 Å². The molecule has 68 valence electrons. The summed E-state index contributed by atoms with van der Waals surface area (Å²) in [6.45, 7) is 4.18. The van der Waals surface area contributed by atoms with Crippen LogP contribution in [-0.4, -0.2) is 6.29 Å². The summed E-state index contributed by atoms with van der Waals surface area (Å²) < 4.78 is 0. The Hall–Kier alpha value is -1.37. The number of allylic oxidation sites excluding steroid dienone is 1. The molecule has 0 aliphatic carbocycles. The van der Waals surface area contributed by atoms with Crippen LogP contribution in [-0.2, 0) is 4.79 Å². The second-order valence-corrected chi connectivity index (χ2v) is 3.15. The minimum atomic E-state index is 0.493. The van der Waals surface area contributed by atoms with Crippen molar-refractivity contribution in [2.75, 3.05) is 0 Å². The van der Waals surface area contributed by atoms with Crippen LogP contribution < -0.4 is 0 Å². The Kier molecular flexibility index (Phi) is 3.44. The van der Waals surface area contributed by atoms with Crippen molar-refractivity contribution in [2.45, 2.75) is 20.3 Å². The molecule has 0 aliphatic heterocycles. The summed E-state index contributed by atoms with van der Waals surface area (Å²) in [5.74, 6) is 0. The van der Waals surface area contributed by atoms with E-state index in [2.05, 4.69) is 32.0 Å². The average molecular weight is 174 g/mol. The van der Waals surface area contributed by atoms with E-state index in [0.29, 0.717) is 6.42 Å². The van der Waals surface area contributed by atoms with E-state index < -0.39 is 0 Å². The molecule has 0 aliphatic rings. The van der Waals surface area contributed by atoms with E-state index in [1.807, 2.05) is 12.2 Å². The molecular weight excluding hydrogens is 160 g/mol. The van der Waals surface area contributed by atoms with Crippen molar-refractivity contribution in [3.05, 3.63) is 41.0 Å². The molecule has 1 aromatic carbocycles. The van der Waals surface area contributed by atoms with Crippen LogP contribution in [0.15, 0.2) is 24.3 Å². The van der Waals surface area contributed by atoms with Gasteiger partial charge in [-0.15, -0.1) is 0 Å². The van der Waals surface area contributed by atoms with Crippen molar-refractivity contribution < 1.29 is 4.79 Å². The maximum Gasteiger partial charge on any atom is 0.123 e. The Bertz CT molecular complexity index is 324. The Morgan fingerprint density at radius 1 is 1.23 bits per heavy atom. The highest BCUT2D eigenvalue weighted by molar-refractivity contribution is 5.58. The lowest BCUT2D eigenvalue weighted by atomic mass is 10.1. The topological polar surface area (TPSA) is 17.1 Å². The normalized spacial score (nSPS) is 10.6. The van der Waals surface area contributed by atoms with Gasteiger partial charge in [-0.05, 0) is 30.5 Å². The van der Waals surface area contributed by atoms with Crippen molar-refractivity contribution in [3.63, 3.8) is 0 Å². The van der Waals surface area contributed by atoms with Crippen LogP contribution in [0.25, 0.3) is 6.08 Å². The first kappa shape index (κ1) is 9.72. The van der Waals surface area contributed by atoms with Gasteiger partial charge in [0.2, 0.25) is 0 Å². The fraction of sp³-hybridized carbons (Fsp3) is 0.250. The van der Waals surface area contributed by atoms with E-state index in [-0.39, 0.29) is 0 Å². The molecule has 0 saturated carbocycles. The van der Waals surface area contributed by atoms with Gasteiger partial charge in [0.1, 0.15) is 6.29 Å². The number of aryl methyl sites for hydroxylation is 2. The largest absolute Gasteiger partial charge is 0.303 e. The van der Waals surface area contributed by atoms with Gasteiger partial charge in [0.05, 0.1) is 0 Å². The molecule has 0 atom stereocenters. The number of hydrogen-bond donors (Lipinski definition) is 0. The van der Waals surface area contributed by atoms with Crippen molar-refractivity contribution in [1.29, 1.82) is 0 Å². The van der Waals surface area contributed by atoms with Crippen molar-refractivity contribution in [2.24, 2.45) is 0 Å². The predicted octanol–water partition coefficient (Wildman–Crippen LogP) is 2.91. The fourth-order valence-corrected chi connectivity index (χ4v) is 1.13. The fourth-order valence-electron chi connectivity index (χ4n) is 1.13. The number of carbonyl (C=O) groups is 1. The van der Waals surface area contributed by atoms with Gasteiger partial charge in [0.15, 0.2) is 0 Å². The van der Waals surface area contributed by atoms with E-state index in [1.54, 1.807) is 0 Å². The monoisotopic (exact) mass is 174 g/mol. The zero-order chi connectivity index (χ0) is 9.68. The van der Waals surface area contributed by atoms with Crippen molar-refractivity contribution >= 4 is 12.4 Å². The molecule has 0 aromatic heterocycles. The standard InChI is InChI=1S/C12H14O/c1-10-6-7-12(9-11(10)2)5-3-4-8-13/h3,5-9H,4H2,1-2H3. The van der Waals surface area contributed by atoms with Gasteiger partial charge in [-0.2, -0.15) is 0 Å². The zero-order valence-electron chi connectivity index (χ0n) is 8.08. The van der Waals surface area contributed by atoms with E-state index >= 15 is 0 Å². The van der Waals surface area contributed by atoms with Gasteiger partial charge in [-0.1, -0.05) is 30.4 Å². The molecule has 0 heterocycles. The summed E-state index contributed by atoms with van der Waals surface area (Å²) in [6.07, 6.45) is 5.24. The summed E-state index contributed by atoms with van der Waals surface area (Å²) in [6, 6.07) is 6.27. The maximum absolute atomic E-state index is 10.1.